The molecule has 0 saturated carbocycles. The molecule has 0 heterocycles. The van der Waals surface area contributed by atoms with Gasteiger partial charge in [-0.2, -0.15) is 0 Å². The first-order valence-corrected chi connectivity index (χ1v) is 2.96. The first-order valence-electron chi connectivity index (χ1n) is 2.96. The van der Waals surface area contributed by atoms with Crippen LogP contribution in [0.15, 0.2) is 0 Å². The van der Waals surface area contributed by atoms with E-state index >= 15 is 0 Å². The molecular weight excluding hydrogens is 104 g/mol. The summed E-state index contributed by atoms with van der Waals surface area (Å²) in [6, 6.07) is 0. The Morgan fingerprint density at radius 2 is 2.25 bits per heavy atom. The van der Waals surface area contributed by atoms with Crippen LogP contribution in [0.4, 0.5) is 0 Å². The monoisotopic (exact) mass is 117 g/mol. The smallest absolute Gasteiger partial charge is 0.466 e. The maximum absolute atomic E-state index is 10.4. The van der Waals surface area contributed by atoms with Gasteiger partial charge in [0, 0.05) is 6.42 Å². The van der Waals surface area contributed by atoms with Crippen LogP contribution in [0.1, 0.15) is 28.1 Å². The summed E-state index contributed by atoms with van der Waals surface area (Å²) >= 11 is 0. The molecule has 0 saturated heterocycles. The maximum Gasteiger partial charge on any atom is 1.00 e. The predicted octanol–water partition coefficient (Wildman–Crippen LogP) is 1.46. The van der Waals surface area contributed by atoms with Crippen molar-refractivity contribution >= 4 is 5.97 Å². The van der Waals surface area contributed by atoms with Crippen molar-refractivity contribution in [1.82, 2.24) is 0 Å². The summed E-state index contributed by atoms with van der Waals surface area (Å²) in [5.74, 6) is -0.0880. The van der Waals surface area contributed by atoms with Gasteiger partial charge in [-0.15, -0.1) is 0 Å². The van der Waals surface area contributed by atoms with Gasteiger partial charge >= 0.3 is 7.40 Å². The Morgan fingerprint density at radius 1 is 1.62 bits per heavy atom. The number of carbonyl (C=O) groups excluding carboxylic acids is 1. The lowest BCUT2D eigenvalue weighted by Gasteiger charge is -1.96. The van der Waals surface area contributed by atoms with Gasteiger partial charge in [0.15, 0.2) is 0 Å². The predicted molar refractivity (Wildman–Crippen MR) is 32.7 cm³/mol. The summed E-state index contributed by atoms with van der Waals surface area (Å²) in [5.41, 5.74) is 0. The standard InChI is InChI=1S/C6H12O2/c1-3-5-6(7)8-4-2/h3-5H2,1-2H3/p+1. The van der Waals surface area contributed by atoms with Crippen LogP contribution in [0.3, 0.4) is 0 Å². The normalized spacial score (nSPS) is 8.75. The molecule has 0 aromatic rings. The van der Waals surface area contributed by atoms with Crippen molar-refractivity contribution in [3.8, 4) is 0 Å². The Hall–Kier alpha value is -0.530. The fourth-order valence-corrected chi connectivity index (χ4v) is 0.437. The Balaban J connectivity index is 0. The third-order valence-corrected chi connectivity index (χ3v) is 0.759. The second-order valence-electron chi connectivity index (χ2n) is 1.56. The molecule has 0 aliphatic rings. The first-order chi connectivity index (χ1) is 3.81. The topological polar surface area (TPSA) is 26.3 Å². The summed E-state index contributed by atoms with van der Waals surface area (Å²) in [7, 11) is 0. The number of esters is 1. The summed E-state index contributed by atoms with van der Waals surface area (Å²) < 4.78 is 4.64. The summed E-state index contributed by atoms with van der Waals surface area (Å²) in [6.45, 7) is 4.27. The van der Waals surface area contributed by atoms with E-state index in [1.807, 2.05) is 13.8 Å². The molecule has 0 N–H and O–H groups in total. The van der Waals surface area contributed by atoms with Gasteiger partial charge in [-0.05, 0) is 13.3 Å². The first kappa shape index (κ1) is 7.47. The van der Waals surface area contributed by atoms with Crippen molar-refractivity contribution < 1.29 is 11.0 Å². The van der Waals surface area contributed by atoms with E-state index in [0.717, 1.165) is 6.42 Å². The fraction of sp³-hybridized carbons (Fsp3) is 0.833. The molecule has 0 aromatic carbocycles. The van der Waals surface area contributed by atoms with E-state index in [4.69, 9.17) is 0 Å². The third-order valence-electron chi connectivity index (χ3n) is 0.759. The summed E-state index contributed by atoms with van der Waals surface area (Å²) in [4.78, 5) is 10.4. The zero-order valence-electron chi connectivity index (χ0n) is 6.44. The van der Waals surface area contributed by atoms with E-state index in [1.165, 1.54) is 0 Å². The van der Waals surface area contributed by atoms with E-state index in [-0.39, 0.29) is 7.40 Å². The van der Waals surface area contributed by atoms with Gasteiger partial charge in [-0.1, -0.05) is 6.92 Å². The third kappa shape index (κ3) is 3.65. The number of rotatable bonds is 3. The van der Waals surface area contributed by atoms with Gasteiger partial charge < -0.3 is 4.74 Å². The molecule has 8 heavy (non-hydrogen) atoms. The molecule has 0 spiro atoms. The molecular formula is C6H13O2+. The van der Waals surface area contributed by atoms with Crippen LogP contribution in [-0.2, 0) is 9.53 Å². The largest absolute Gasteiger partial charge is 1.00 e. The van der Waals surface area contributed by atoms with Crippen LogP contribution >= 0.6 is 0 Å². The molecule has 0 amide bonds. The van der Waals surface area contributed by atoms with E-state index in [2.05, 4.69) is 4.74 Å². The molecule has 0 rings (SSSR count). The van der Waals surface area contributed by atoms with Gasteiger partial charge in [0.1, 0.15) is 0 Å². The van der Waals surface area contributed by atoms with E-state index in [9.17, 15) is 4.79 Å². The zero-order valence-corrected chi connectivity index (χ0v) is 5.44. The van der Waals surface area contributed by atoms with Crippen molar-refractivity contribution in [2.45, 2.75) is 26.7 Å². The number of carbonyl (C=O) groups is 1. The van der Waals surface area contributed by atoms with Gasteiger partial charge in [0.25, 0.3) is 0 Å². The molecule has 2 heteroatoms. The number of hydrogen-bond donors (Lipinski definition) is 0. The second-order valence-corrected chi connectivity index (χ2v) is 1.56. The Morgan fingerprint density at radius 3 is 2.62 bits per heavy atom. The minimum absolute atomic E-state index is 0. The van der Waals surface area contributed by atoms with Crippen LogP contribution in [-0.4, -0.2) is 12.6 Å². The number of hydrogen-bond acceptors (Lipinski definition) is 2. The lowest BCUT2D eigenvalue weighted by atomic mass is 10.3. The van der Waals surface area contributed by atoms with Crippen LogP contribution in [0.2, 0.25) is 0 Å². The molecule has 0 bridgehead atoms. The van der Waals surface area contributed by atoms with Crippen LogP contribution in [0.5, 0.6) is 0 Å². The SMILES string of the molecule is CCCC(=O)OCC.[H+]. The van der Waals surface area contributed by atoms with Gasteiger partial charge in [0.05, 0.1) is 6.61 Å². The highest BCUT2D eigenvalue weighted by Gasteiger charge is 1.95. The van der Waals surface area contributed by atoms with E-state index < -0.39 is 0 Å². The van der Waals surface area contributed by atoms with Crippen LogP contribution in [0, 0.1) is 0 Å². The zero-order chi connectivity index (χ0) is 6.41. The Labute approximate surface area is 51.3 Å². The van der Waals surface area contributed by atoms with Crippen molar-refractivity contribution in [1.29, 1.82) is 0 Å². The minimum Gasteiger partial charge on any atom is -0.466 e. The lowest BCUT2D eigenvalue weighted by molar-refractivity contribution is -0.143. The average Bonchev–Trinajstić information content (AvgIpc) is 1.68. The molecule has 2 nitrogen and oxygen atoms in total. The van der Waals surface area contributed by atoms with Crippen molar-refractivity contribution in [2.24, 2.45) is 0 Å². The van der Waals surface area contributed by atoms with Gasteiger partial charge in [-0.25, -0.2) is 0 Å². The van der Waals surface area contributed by atoms with Crippen molar-refractivity contribution in [3.63, 3.8) is 0 Å². The molecule has 0 atom stereocenters. The highest BCUT2D eigenvalue weighted by Crippen LogP contribution is 1.89. The van der Waals surface area contributed by atoms with Crippen molar-refractivity contribution in [2.75, 3.05) is 6.61 Å². The van der Waals surface area contributed by atoms with Gasteiger partial charge in [0.2, 0.25) is 0 Å². The summed E-state index contributed by atoms with van der Waals surface area (Å²) in [6.07, 6.45) is 1.42. The molecule has 0 aromatic heterocycles. The quantitative estimate of drug-likeness (QED) is 0.523. The lowest BCUT2D eigenvalue weighted by Crippen LogP contribution is -2.01. The molecule has 48 valence electrons. The van der Waals surface area contributed by atoms with Crippen LogP contribution < -0.4 is 0 Å². The van der Waals surface area contributed by atoms with Crippen molar-refractivity contribution in [3.05, 3.63) is 0 Å². The summed E-state index contributed by atoms with van der Waals surface area (Å²) in [5, 5.41) is 0. The van der Waals surface area contributed by atoms with Crippen LogP contribution in [0.25, 0.3) is 0 Å². The van der Waals surface area contributed by atoms with E-state index in [0.29, 0.717) is 13.0 Å². The highest BCUT2D eigenvalue weighted by atomic mass is 16.5. The Kier molecular flexibility index (Phi) is 4.32. The Bertz CT molecular complexity index is 65.5. The fourth-order valence-electron chi connectivity index (χ4n) is 0.437. The molecule has 0 fully saturated rings. The number of ether oxygens (including phenoxy) is 1. The molecule has 0 unspecified atom stereocenters. The second kappa shape index (κ2) is 4.62. The van der Waals surface area contributed by atoms with Gasteiger partial charge in [-0.3, -0.25) is 4.79 Å². The minimum atomic E-state index is -0.0880. The molecule has 0 aliphatic carbocycles. The average molecular weight is 117 g/mol. The molecule has 0 radical (unpaired) electrons. The maximum atomic E-state index is 10.4. The molecule has 0 aliphatic heterocycles. The van der Waals surface area contributed by atoms with E-state index in [1.54, 1.807) is 0 Å². The highest BCUT2D eigenvalue weighted by molar-refractivity contribution is 5.69.